The molecule has 0 unspecified atom stereocenters. The second-order valence-corrected chi connectivity index (χ2v) is 1.27. The lowest BCUT2D eigenvalue weighted by Crippen LogP contribution is -1.98. The lowest BCUT2D eigenvalue weighted by Gasteiger charge is -1.91. The molecule has 0 aliphatic carbocycles. The van der Waals surface area contributed by atoms with Gasteiger partial charge in [0.05, 0.1) is 7.11 Å². The van der Waals surface area contributed by atoms with Gasteiger partial charge in [0.25, 0.3) is 0 Å². The van der Waals surface area contributed by atoms with E-state index in [1.54, 1.807) is 6.92 Å². The Morgan fingerprint density at radius 1 is 1.56 bits per heavy atom. The normalized spacial score (nSPS) is 6.67. The lowest BCUT2D eigenvalue weighted by molar-refractivity contribution is -0.136. The van der Waals surface area contributed by atoms with E-state index in [9.17, 15) is 4.79 Å². The van der Waals surface area contributed by atoms with Crippen LogP contribution in [-0.4, -0.2) is 20.1 Å². The minimum Gasteiger partial charge on any atom is -0.466 e. The molecule has 0 radical (unpaired) electrons. The maximum Gasteiger partial charge on any atom is 0.332 e. The predicted molar refractivity (Wildman–Crippen MR) is 36.9 cm³/mol. The van der Waals surface area contributed by atoms with Gasteiger partial charge in [-0.1, -0.05) is 6.58 Å². The van der Waals surface area contributed by atoms with Crippen LogP contribution < -0.4 is 5.73 Å². The van der Waals surface area contributed by atoms with E-state index >= 15 is 0 Å². The quantitative estimate of drug-likeness (QED) is 0.411. The second-order valence-electron chi connectivity index (χ2n) is 1.27. The first-order valence-corrected chi connectivity index (χ1v) is 2.50. The molecule has 9 heavy (non-hydrogen) atoms. The van der Waals surface area contributed by atoms with Crippen LogP contribution in [0.15, 0.2) is 12.2 Å². The van der Waals surface area contributed by atoms with E-state index < -0.39 is 0 Å². The van der Waals surface area contributed by atoms with Crippen LogP contribution in [-0.2, 0) is 9.53 Å². The number of hydrogen-bond donors (Lipinski definition) is 1. The molecule has 2 N–H and O–H groups in total. The van der Waals surface area contributed by atoms with Crippen LogP contribution in [0.5, 0.6) is 0 Å². The topological polar surface area (TPSA) is 52.3 Å². The minimum absolute atomic E-state index is 0.347. The molecule has 3 nitrogen and oxygen atoms in total. The number of carbonyl (C=O) groups excluding carboxylic acids is 1. The smallest absolute Gasteiger partial charge is 0.332 e. The predicted octanol–water partition coefficient (Wildman–Crippen LogP) is 0.310. The van der Waals surface area contributed by atoms with Crippen molar-refractivity contribution in [3.05, 3.63) is 12.2 Å². The summed E-state index contributed by atoms with van der Waals surface area (Å²) < 4.78 is 4.27. The third-order valence-electron chi connectivity index (χ3n) is 0.534. The van der Waals surface area contributed by atoms with Crippen molar-refractivity contribution in [2.75, 3.05) is 14.2 Å². The molecule has 0 amide bonds. The fraction of sp³-hybridized carbons (Fsp3) is 0.500. The molecule has 0 fully saturated rings. The summed E-state index contributed by atoms with van der Waals surface area (Å²) in [6.45, 7) is 4.95. The van der Waals surface area contributed by atoms with Crippen molar-refractivity contribution in [3.63, 3.8) is 0 Å². The van der Waals surface area contributed by atoms with Crippen molar-refractivity contribution in [1.82, 2.24) is 0 Å². The maximum absolute atomic E-state index is 10.2. The zero-order valence-corrected chi connectivity index (χ0v) is 6.10. The molecule has 0 atom stereocenters. The van der Waals surface area contributed by atoms with E-state index in [4.69, 9.17) is 0 Å². The van der Waals surface area contributed by atoms with Gasteiger partial charge in [-0.3, -0.25) is 0 Å². The summed E-state index contributed by atoms with van der Waals surface area (Å²) in [7, 11) is 2.83. The van der Waals surface area contributed by atoms with Crippen LogP contribution in [0.25, 0.3) is 0 Å². The molecule has 3 heteroatoms. The fourth-order valence-corrected chi connectivity index (χ4v) is 0.174. The Kier molecular flexibility index (Phi) is 8.79. The first-order valence-electron chi connectivity index (χ1n) is 2.50. The molecule has 54 valence electrons. The molecule has 0 aromatic carbocycles. The van der Waals surface area contributed by atoms with Crippen LogP contribution in [0, 0.1) is 0 Å². The second kappa shape index (κ2) is 7.17. The van der Waals surface area contributed by atoms with E-state index in [2.05, 4.69) is 17.0 Å². The van der Waals surface area contributed by atoms with E-state index in [1.165, 1.54) is 14.2 Å². The van der Waals surface area contributed by atoms with Crippen molar-refractivity contribution in [2.24, 2.45) is 5.73 Å². The van der Waals surface area contributed by atoms with Gasteiger partial charge in [-0.15, -0.1) is 0 Å². The van der Waals surface area contributed by atoms with Gasteiger partial charge in [-0.05, 0) is 14.0 Å². The standard InChI is InChI=1S/C5H8O2.CH5N/c1-4(2)5(6)7-3;1-2/h1H2,2-3H3;2H2,1H3. The highest BCUT2D eigenvalue weighted by Gasteiger charge is 1.95. The molecule has 0 saturated carbocycles. The van der Waals surface area contributed by atoms with Gasteiger partial charge in [0, 0.05) is 5.57 Å². The highest BCUT2D eigenvalue weighted by Crippen LogP contribution is 1.87. The Hall–Kier alpha value is -0.830. The first kappa shape index (κ1) is 11.0. The van der Waals surface area contributed by atoms with Crippen LogP contribution in [0.4, 0.5) is 0 Å². The van der Waals surface area contributed by atoms with Gasteiger partial charge >= 0.3 is 5.97 Å². The number of ether oxygens (including phenoxy) is 1. The Morgan fingerprint density at radius 2 is 1.89 bits per heavy atom. The molecular formula is C6H13NO2. The van der Waals surface area contributed by atoms with E-state index in [-0.39, 0.29) is 5.97 Å². The van der Waals surface area contributed by atoms with Crippen molar-refractivity contribution >= 4 is 5.97 Å². The van der Waals surface area contributed by atoms with Crippen LogP contribution in [0.2, 0.25) is 0 Å². The number of rotatable bonds is 1. The summed E-state index contributed by atoms with van der Waals surface area (Å²) in [6.07, 6.45) is 0. The molecule has 0 bridgehead atoms. The van der Waals surface area contributed by atoms with Crippen molar-refractivity contribution < 1.29 is 9.53 Å². The van der Waals surface area contributed by atoms with Gasteiger partial charge < -0.3 is 10.5 Å². The first-order chi connectivity index (χ1) is 4.18. The SMILES string of the molecule is C=C(C)C(=O)OC.CN. The molecule has 0 aromatic heterocycles. The molecule has 0 spiro atoms. The molecule has 0 aliphatic heterocycles. The van der Waals surface area contributed by atoms with Crippen LogP contribution in [0.3, 0.4) is 0 Å². The third-order valence-corrected chi connectivity index (χ3v) is 0.534. The van der Waals surface area contributed by atoms with Gasteiger partial charge in [0.2, 0.25) is 0 Å². The highest BCUT2D eigenvalue weighted by molar-refractivity contribution is 5.86. The van der Waals surface area contributed by atoms with Crippen molar-refractivity contribution in [2.45, 2.75) is 6.92 Å². The molecular weight excluding hydrogens is 118 g/mol. The maximum atomic E-state index is 10.2. The highest BCUT2D eigenvalue weighted by atomic mass is 16.5. The van der Waals surface area contributed by atoms with Crippen LogP contribution in [0.1, 0.15) is 6.92 Å². The van der Waals surface area contributed by atoms with Gasteiger partial charge in [-0.2, -0.15) is 0 Å². The molecule has 0 saturated heterocycles. The number of carbonyl (C=O) groups is 1. The van der Waals surface area contributed by atoms with Gasteiger partial charge in [0.1, 0.15) is 0 Å². The van der Waals surface area contributed by atoms with E-state index in [0.717, 1.165) is 0 Å². The number of esters is 1. The Balaban J connectivity index is 0. The zero-order valence-electron chi connectivity index (χ0n) is 6.10. The van der Waals surface area contributed by atoms with E-state index in [1.807, 2.05) is 0 Å². The summed E-state index contributed by atoms with van der Waals surface area (Å²) in [4.78, 5) is 10.2. The zero-order chi connectivity index (χ0) is 7.86. The summed E-state index contributed by atoms with van der Waals surface area (Å²) in [6, 6.07) is 0. The number of nitrogens with two attached hydrogens (primary N) is 1. The summed E-state index contributed by atoms with van der Waals surface area (Å²) >= 11 is 0. The third kappa shape index (κ3) is 7.17. The van der Waals surface area contributed by atoms with Crippen LogP contribution >= 0.6 is 0 Å². The summed E-state index contributed by atoms with van der Waals surface area (Å²) in [5.41, 5.74) is 4.93. The Morgan fingerprint density at radius 3 is 1.89 bits per heavy atom. The Labute approximate surface area is 55.5 Å². The lowest BCUT2D eigenvalue weighted by atomic mass is 10.4. The minimum atomic E-state index is -0.347. The van der Waals surface area contributed by atoms with Crippen molar-refractivity contribution in [1.29, 1.82) is 0 Å². The number of methoxy groups -OCH3 is 1. The van der Waals surface area contributed by atoms with E-state index in [0.29, 0.717) is 5.57 Å². The molecule has 0 rings (SSSR count). The molecule has 0 aromatic rings. The molecule has 0 aliphatic rings. The van der Waals surface area contributed by atoms with Crippen molar-refractivity contribution in [3.8, 4) is 0 Å². The summed E-state index contributed by atoms with van der Waals surface area (Å²) in [5, 5.41) is 0. The largest absolute Gasteiger partial charge is 0.466 e. The van der Waals surface area contributed by atoms with Gasteiger partial charge in [-0.25, -0.2) is 4.79 Å². The monoisotopic (exact) mass is 131 g/mol. The summed E-state index contributed by atoms with van der Waals surface area (Å²) in [5.74, 6) is -0.347. The number of hydrogen-bond acceptors (Lipinski definition) is 3. The average Bonchev–Trinajstić information content (AvgIpc) is 1.91. The van der Waals surface area contributed by atoms with Gasteiger partial charge in [0.15, 0.2) is 0 Å². The Bertz CT molecular complexity index is 99.2. The average molecular weight is 131 g/mol. The fourth-order valence-electron chi connectivity index (χ4n) is 0.174. The molecule has 0 heterocycles.